The second-order valence-corrected chi connectivity index (χ2v) is 6.15. The van der Waals surface area contributed by atoms with E-state index in [9.17, 15) is 4.39 Å². The quantitative estimate of drug-likeness (QED) is 0.597. The molecule has 1 heterocycles. The van der Waals surface area contributed by atoms with Gasteiger partial charge in [-0.25, -0.2) is 4.39 Å². The summed E-state index contributed by atoms with van der Waals surface area (Å²) in [6.07, 6.45) is 0. The molecule has 3 N–H and O–H groups in total. The number of hydrogen-bond donors (Lipinski definition) is 2. The lowest BCUT2D eigenvalue weighted by molar-refractivity contribution is 0.628. The van der Waals surface area contributed by atoms with Gasteiger partial charge in [-0.3, -0.25) is 5.10 Å². The van der Waals surface area contributed by atoms with Gasteiger partial charge in [-0.2, -0.15) is 5.10 Å². The van der Waals surface area contributed by atoms with Crippen molar-refractivity contribution in [2.45, 2.75) is 0 Å². The number of aromatic amines is 1. The molecule has 0 amide bonds. The zero-order chi connectivity index (χ0) is 15.0. The van der Waals surface area contributed by atoms with Crippen LogP contribution in [0.25, 0.3) is 22.4 Å². The number of rotatable bonds is 2. The van der Waals surface area contributed by atoms with Crippen LogP contribution in [0.2, 0.25) is 5.02 Å². The Hall–Kier alpha value is -1.60. The van der Waals surface area contributed by atoms with Crippen LogP contribution in [-0.4, -0.2) is 10.2 Å². The first-order valence-corrected chi connectivity index (χ1v) is 7.57. The fraction of sp³-hybridized carbons (Fsp3) is 0. The van der Waals surface area contributed by atoms with Crippen molar-refractivity contribution in [2.24, 2.45) is 0 Å². The van der Waals surface area contributed by atoms with Gasteiger partial charge in [0.15, 0.2) is 5.82 Å². The second-order valence-electron chi connectivity index (χ2n) is 4.49. The van der Waals surface area contributed by atoms with Gasteiger partial charge in [-0.15, -0.1) is 0 Å². The SMILES string of the molecule is Nc1n[nH]c(-c2cccc(I)c2)c1-c1ccc(F)cc1Cl. The summed E-state index contributed by atoms with van der Waals surface area (Å²) in [5, 5.41) is 7.29. The summed E-state index contributed by atoms with van der Waals surface area (Å²) in [4.78, 5) is 0. The number of nitrogens with two attached hydrogens (primary N) is 1. The topological polar surface area (TPSA) is 54.7 Å². The van der Waals surface area contributed by atoms with E-state index in [1.165, 1.54) is 12.1 Å². The zero-order valence-electron chi connectivity index (χ0n) is 10.7. The molecule has 0 bridgehead atoms. The third-order valence-corrected chi connectivity index (χ3v) is 4.09. The molecule has 0 atom stereocenters. The van der Waals surface area contributed by atoms with Crippen molar-refractivity contribution in [3.05, 3.63) is 56.9 Å². The number of anilines is 1. The second kappa shape index (κ2) is 5.65. The van der Waals surface area contributed by atoms with Gasteiger partial charge in [0, 0.05) is 14.7 Å². The van der Waals surface area contributed by atoms with E-state index in [0.29, 0.717) is 22.0 Å². The fourth-order valence-electron chi connectivity index (χ4n) is 2.17. The van der Waals surface area contributed by atoms with Crippen molar-refractivity contribution >= 4 is 40.0 Å². The molecule has 0 radical (unpaired) electrons. The lowest BCUT2D eigenvalue weighted by atomic mass is 10.0. The Morgan fingerprint density at radius 3 is 2.71 bits per heavy atom. The van der Waals surface area contributed by atoms with Crippen molar-refractivity contribution in [3.63, 3.8) is 0 Å². The highest BCUT2D eigenvalue weighted by Gasteiger charge is 2.17. The maximum Gasteiger partial charge on any atom is 0.153 e. The molecule has 21 heavy (non-hydrogen) atoms. The molecule has 0 spiro atoms. The summed E-state index contributed by atoms with van der Waals surface area (Å²) in [7, 11) is 0. The lowest BCUT2D eigenvalue weighted by Crippen LogP contribution is -1.90. The monoisotopic (exact) mass is 413 g/mol. The number of hydrogen-bond acceptors (Lipinski definition) is 2. The number of H-pyrrole nitrogens is 1. The van der Waals surface area contributed by atoms with Crippen LogP contribution in [0.3, 0.4) is 0 Å². The average Bonchev–Trinajstić information content (AvgIpc) is 2.81. The molecule has 0 unspecified atom stereocenters. The van der Waals surface area contributed by atoms with E-state index in [0.717, 1.165) is 14.8 Å². The summed E-state index contributed by atoms with van der Waals surface area (Å²) in [5.41, 5.74) is 9.00. The maximum absolute atomic E-state index is 13.2. The van der Waals surface area contributed by atoms with E-state index >= 15 is 0 Å². The van der Waals surface area contributed by atoms with Gasteiger partial charge in [0.2, 0.25) is 0 Å². The number of aromatic nitrogens is 2. The Bertz CT molecular complexity index is 816. The van der Waals surface area contributed by atoms with Crippen molar-refractivity contribution in [2.75, 3.05) is 5.73 Å². The molecule has 3 nitrogen and oxygen atoms in total. The van der Waals surface area contributed by atoms with Crippen LogP contribution in [0.15, 0.2) is 42.5 Å². The van der Waals surface area contributed by atoms with Crippen molar-refractivity contribution < 1.29 is 4.39 Å². The molecule has 6 heteroatoms. The predicted molar refractivity (Wildman–Crippen MR) is 91.6 cm³/mol. The van der Waals surface area contributed by atoms with Gasteiger partial charge in [0.25, 0.3) is 0 Å². The molecule has 0 saturated heterocycles. The van der Waals surface area contributed by atoms with E-state index in [-0.39, 0.29) is 5.82 Å². The summed E-state index contributed by atoms with van der Waals surface area (Å²) in [5.74, 6) is -0.0565. The molecule has 1 aromatic heterocycles. The van der Waals surface area contributed by atoms with Gasteiger partial charge in [0.1, 0.15) is 5.82 Å². The van der Waals surface area contributed by atoms with Crippen LogP contribution >= 0.6 is 34.2 Å². The molecule has 3 rings (SSSR count). The first-order chi connectivity index (χ1) is 10.1. The van der Waals surface area contributed by atoms with Gasteiger partial charge in [-0.05, 0) is 52.9 Å². The first kappa shape index (κ1) is 14.3. The minimum Gasteiger partial charge on any atom is -0.382 e. The highest BCUT2D eigenvalue weighted by atomic mass is 127. The van der Waals surface area contributed by atoms with E-state index in [1.54, 1.807) is 6.07 Å². The highest BCUT2D eigenvalue weighted by molar-refractivity contribution is 14.1. The number of nitrogens with zero attached hydrogens (tertiary/aromatic N) is 1. The summed E-state index contributed by atoms with van der Waals surface area (Å²) >= 11 is 8.38. The fourth-order valence-corrected chi connectivity index (χ4v) is 2.98. The van der Waals surface area contributed by atoms with Crippen molar-refractivity contribution in [3.8, 4) is 22.4 Å². The third kappa shape index (κ3) is 2.75. The summed E-state index contributed by atoms with van der Waals surface area (Å²) in [6, 6.07) is 12.1. The van der Waals surface area contributed by atoms with Crippen LogP contribution < -0.4 is 5.73 Å². The summed E-state index contributed by atoms with van der Waals surface area (Å²) in [6.45, 7) is 0. The molecule has 106 valence electrons. The lowest BCUT2D eigenvalue weighted by Gasteiger charge is -2.07. The summed E-state index contributed by atoms with van der Waals surface area (Å²) < 4.78 is 14.3. The molecular weight excluding hydrogens is 404 g/mol. The maximum atomic E-state index is 13.2. The Balaban J connectivity index is 2.22. The van der Waals surface area contributed by atoms with Crippen LogP contribution in [0.1, 0.15) is 0 Å². The predicted octanol–water partition coefficient (Wildman–Crippen LogP) is 4.72. The van der Waals surface area contributed by atoms with E-state index in [4.69, 9.17) is 17.3 Å². The van der Waals surface area contributed by atoms with E-state index in [2.05, 4.69) is 32.8 Å². The average molecular weight is 414 g/mol. The minimum atomic E-state index is -0.387. The largest absolute Gasteiger partial charge is 0.382 e. The normalized spacial score (nSPS) is 10.8. The number of nitrogens with one attached hydrogen (secondary N) is 1. The molecule has 0 aliphatic rings. The highest BCUT2D eigenvalue weighted by Crippen LogP contribution is 2.38. The Morgan fingerprint density at radius 1 is 1.19 bits per heavy atom. The Morgan fingerprint density at radius 2 is 2.00 bits per heavy atom. The van der Waals surface area contributed by atoms with Crippen LogP contribution in [0, 0.1) is 9.39 Å². The number of nitrogen functional groups attached to an aromatic ring is 1. The van der Waals surface area contributed by atoms with E-state index < -0.39 is 0 Å². The standard InChI is InChI=1S/C15H10ClFIN3/c16-12-7-9(17)4-5-11(12)13-14(20-21-15(13)19)8-2-1-3-10(18)6-8/h1-7H,(H3,19,20,21). The smallest absolute Gasteiger partial charge is 0.153 e. The molecule has 2 aromatic carbocycles. The van der Waals surface area contributed by atoms with Crippen LogP contribution in [0.4, 0.5) is 10.2 Å². The van der Waals surface area contributed by atoms with Gasteiger partial charge < -0.3 is 5.73 Å². The van der Waals surface area contributed by atoms with Crippen LogP contribution in [0.5, 0.6) is 0 Å². The minimum absolute atomic E-state index is 0.301. The number of benzene rings is 2. The first-order valence-electron chi connectivity index (χ1n) is 6.11. The van der Waals surface area contributed by atoms with Crippen LogP contribution in [-0.2, 0) is 0 Å². The van der Waals surface area contributed by atoms with Crippen molar-refractivity contribution in [1.29, 1.82) is 0 Å². The molecule has 0 aliphatic heterocycles. The third-order valence-electron chi connectivity index (χ3n) is 3.11. The Kier molecular flexibility index (Phi) is 3.86. The molecule has 0 aliphatic carbocycles. The molecule has 0 saturated carbocycles. The molecule has 0 fully saturated rings. The molecular formula is C15H10ClFIN3. The zero-order valence-corrected chi connectivity index (χ0v) is 13.6. The van der Waals surface area contributed by atoms with Gasteiger partial charge in [-0.1, -0.05) is 23.7 Å². The number of halogens is 3. The van der Waals surface area contributed by atoms with E-state index in [1.807, 2.05) is 24.3 Å². The van der Waals surface area contributed by atoms with Gasteiger partial charge in [0.05, 0.1) is 16.3 Å². The van der Waals surface area contributed by atoms with Gasteiger partial charge >= 0.3 is 0 Å². The van der Waals surface area contributed by atoms with Crippen molar-refractivity contribution in [1.82, 2.24) is 10.2 Å². The molecule has 3 aromatic rings. The Labute approximate surface area is 139 Å².